The van der Waals surface area contributed by atoms with E-state index in [1.54, 1.807) is 12.4 Å². The number of rotatable bonds is 3. The highest BCUT2D eigenvalue weighted by molar-refractivity contribution is 5.79. The summed E-state index contributed by atoms with van der Waals surface area (Å²) in [5, 5.41) is 8.04. The van der Waals surface area contributed by atoms with Gasteiger partial charge in [0, 0.05) is 12.1 Å². The van der Waals surface area contributed by atoms with Crippen molar-refractivity contribution in [3.05, 3.63) is 46.4 Å². The van der Waals surface area contributed by atoms with Gasteiger partial charge in [0.05, 0.1) is 23.4 Å². The van der Waals surface area contributed by atoms with Gasteiger partial charge in [-0.2, -0.15) is 4.98 Å². The van der Waals surface area contributed by atoms with Crippen LogP contribution in [0.25, 0.3) is 10.9 Å². The van der Waals surface area contributed by atoms with E-state index >= 15 is 0 Å². The lowest BCUT2D eigenvalue weighted by molar-refractivity contribution is 0.363. The molecule has 3 aromatic rings. The fourth-order valence-corrected chi connectivity index (χ4v) is 3.78. The van der Waals surface area contributed by atoms with Gasteiger partial charge in [-0.3, -0.25) is 14.3 Å². The van der Waals surface area contributed by atoms with Crippen molar-refractivity contribution in [2.45, 2.75) is 19.4 Å². The monoisotopic (exact) mass is 324 g/mol. The summed E-state index contributed by atoms with van der Waals surface area (Å²) < 4.78 is 6.85. The van der Waals surface area contributed by atoms with Crippen molar-refractivity contribution in [3.8, 4) is 0 Å². The maximum absolute atomic E-state index is 12.7. The SMILES string of the molecule is Cc1cncc2ncn(Cc3nc(C4[C@H]5CNC[C@@H]45)no3)c(=O)c12. The van der Waals surface area contributed by atoms with Crippen LogP contribution in [0.15, 0.2) is 28.0 Å². The number of hydrogen-bond donors (Lipinski definition) is 1. The first-order valence-electron chi connectivity index (χ1n) is 8.05. The zero-order valence-corrected chi connectivity index (χ0v) is 13.1. The summed E-state index contributed by atoms with van der Waals surface area (Å²) in [5.41, 5.74) is 1.29. The Balaban J connectivity index is 1.45. The molecule has 0 amide bonds. The highest BCUT2D eigenvalue weighted by Crippen LogP contribution is 2.54. The molecular formula is C16H16N6O2. The second-order valence-corrected chi connectivity index (χ2v) is 6.59. The molecular weight excluding hydrogens is 308 g/mol. The van der Waals surface area contributed by atoms with Crippen molar-refractivity contribution in [1.29, 1.82) is 0 Å². The predicted molar refractivity (Wildman–Crippen MR) is 84.5 cm³/mol. The summed E-state index contributed by atoms with van der Waals surface area (Å²) in [6.45, 7) is 4.14. The van der Waals surface area contributed by atoms with Gasteiger partial charge in [-0.15, -0.1) is 0 Å². The lowest BCUT2D eigenvalue weighted by atomic mass is 10.2. The maximum atomic E-state index is 12.7. The van der Waals surface area contributed by atoms with Crippen LogP contribution in [-0.2, 0) is 6.54 Å². The molecule has 4 heterocycles. The Kier molecular flexibility index (Phi) is 2.84. The van der Waals surface area contributed by atoms with Gasteiger partial charge in [-0.1, -0.05) is 5.16 Å². The van der Waals surface area contributed by atoms with Gasteiger partial charge in [0.25, 0.3) is 5.56 Å². The quantitative estimate of drug-likeness (QED) is 0.747. The molecule has 5 rings (SSSR count). The predicted octanol–water partition coefficient (Wildman–Crippen LogP) is 0.464. The standard InChI is InChI=1S/C16H16N6O2/c1-8-2-17-5-11-13(8)16(23)22(7-19-11)6-12-20-15(21-24-12)14-9-3-18-4-10(9)14/h2,5,7,9-10,14,18H,3-4,6H2,1H3/t9-,10+,14?. The molecule has 2 fully saturated rings. The number of nitrogens with zero attached hydrogens (tertiary/aromatic N) is 5. The van der Waals surface area contributed by atoms with Crippen molar-refractivity contribution in [2.24, 2.45) is 11.8 Å². The lowest BCUT2D eigenvalue weighted by Gasteiger charge is -2.05. The van der Waals surface area contributed by atoms with Crippen molar-refractivity contribution in [2.75, 3.05) is 13.1 Å². The maximum Gasteiger partial charge on any atom is 0.262 e. The Labute approximate surface area is 136 Å². The number of hydrogen-bond acceptors (Lipinski definition) is 7. The van der Waals surface area contributed by atoms with Gasteiger partial charge in [0.2, 0.25) is 5.89 Å². The molecule has 0 radical (unpaired) electrons. The van der Waals surface area contributed by atoms with E-state index in [0.29, 0.717) is 34.5 Å². The summed E-state index contributed by atoms with van der Waals surface area (Å²) in [5.74, 6) is 2.89. The summed E-state index contributed by atoms with van der Waals surface area (Å²) in [7, 11) is 0. The van der Waals surface area contributed by atoms with Crippen molar-refractivity contribution in [1.82, 2.24) is 30.0 Å². The van der Waals surface area contributed by atoms with Crippen LogP contribution in [0.1, 0.15) is 23.2 Å². The van der Waals surface area contributed by atoms with E-state index in [1.807, 2.05) is 6.92 Å². The van der Waals surface area contributed by atoms with E-state index in [1.165, 1.54) is 10.9 Å². The molecule has 0 bridgehead atoms. The second-order valence-electron chi connectivity index (χ2n) is 6.59. The molecule has 1 saturated heterocycles. The number of aromatic nitrogens is 5. The smallest absolute Gasteiger partial charge is 0.262 e. The third-order valence-electron chi connectivity index (χ3n) is 5.11. The Hall–Kier alpha value is -2.61. The third kappa shape index (κ3) is 1.99. The molecule has 1 aliphatic carbocycles. The largest absolute Gasteiger partial charge is 0.337 e. The van der Waals surface area contributed by atoms with Gasteiger partial charge in [0.15, 0.2) is 5.82 Å². The normalized spacial score (nSPS) is 25.1. The minimum Gasteiger partial charge on any atom is -0.337 e. The summed E-state index contributed by atoms with van der Waals surface area (Å²) in [6.07, 6.45) is 4.77. The Morgan fingerprint density at radius 3 is 3.00 bits per heavy atom. The first-order valence-corrected chi connectivity index (χ1v) is 8.05. The number of aryl methyl sites for hydroxylation is 1. The van der Waals surface area contributed by atoms with Gasteiger partial charge in [-0.05, 0) is 37.4 Å². The molecule has 1 unspecified atom stereocenters. The van der Waals surface area contributed by atoms with Crippen LogP contribution in [0.5, 0.6) is 0 Å². The number of pyridine rings is 1. The number of fused-ring (bicyclic) bond motifs is 2. The molecule has 24 heavy (non-hydrogen) atoms. The van der Waals surface area contributed by atoms with E-state index in [4.69, 9.17) is 4.52 Å². The fraction of sp³-hybridized carbons (Fsp3) is 0.438. The topological polar surface area (TPSA) is 98.7 Å². The molecule has 8 nitrogen and oxygen atoms in total. The van der Waals surface area contributed by atoms with E-state index in [0.717, 1.165) is 24.5 Å². The molecule has 3 atom stereocenters. The zero-order chi connectivity index (χ0) is 16.3. The highest BCUT2D eigenvalue weighted by Gasteiger charge is 2.55. The van der Waals surface area contributed by atoms with Crippen molar-refractivity contribution >= 4 is 10.9 Å². The van der Waals surface area contributed by atoms with Crippen LogP contribution in [0, 0.1) is 18.8 Å². The zero-order valence-electron chi connectivity index (χ0n) is 13.1. The van der Waals surface area contributed by atoms with Crippen molar-refractivity contribution in [3.63, 3.8) is 0 Å². The molecule has 1 saturated carbocycles. The molecule has 0 aromatic carbocycles. The summed E-state index contributed by atoms with van der Waals surface area (Å²) in [4.78, 5) is 25.5. The number of piperidine rings is 1. The Bertz CT molecular complexity index is 984. The van der Waals surface area contributed by atoms with Crippen LogP contribution in [0.3, 0.4) is 0 Å². The average molecular weight is 324 g/mol. The van der Waals surface area contributed by atoms with Gasteiger partial charge in [0.1, 0.15) is 6.54 Å². The fourth-order valence-electron chi connectivity index (χ4n) is 3.78. The van der Waals surface area contributed by atoms with E-state index in [2.05, 4.69) is 25.4 Å². The van der Waals surface area contributed by atoms with Crippen LogP contribution < -0.4 is 10.9 Å². The minimum atomic E-state index is -0.118. The van der Waals surface area contributed by atoms with Crippen LogP contribution in [-0.4, -0.2) is 37.8 Å². The minimum absolute atomic E-state index is 0.118. The molecule has 0 spiro atoms. The van der Waals surface area contributed by atoms with Crippen LogP contribution >= 0.6 is 0 Å². The molecule has 1 N–H and O–H groups in total. The van der Waals surface area contributed by atoms with Crippen LogP contribution in [0.4, 0.5) is 0 Å². The molecule has 8 heteroatoms. The van der Waals surface area contributed by atoms with E-state index < -0.39 is 0 Å². The first-order chi connectivity index (χ1) is 11.7. The summed E-state index contributed by atoms with van der Waals surface area (Å²) in [6, 6.07) is 0. The first kappa shape index (κ1) is 13.8. The third-order valence-corrected chi connectivity index (χ3v) is 5.11. The second kappa shape index (κ2) is 4.94. The Morgan fingerprint density at radius 2 is 2.17 bits per heavy atom. The van der Waals surface area contributed by atoms with E-state index in [-0.39, 0.29) is 12.1 Å². The van der Waals surface area contributed by atoms with Gasteiger partial charge < -0.3 is 9.84 Å². The van der Waals surface area contributed by atoms with E-state index in [9.17, 15) is 4.79 Å². The molecule has 122 valence electrons. The van der Waals surface area contributed by atoms with Gasteiger partial charge in [-0.25, -0.2) is 4.98 Å². The van der Waals surface area contributed by atoms with Gasteiger partial charge >= 0.3 is 0 Å². The highest BCUT2D eigenvalue weighted by atomic mass is 16.5. The molecule has 1 aliphatic heterocycles. The molecule has 3 aromatic heterocycles. The van der Waals surface area contributed by atoms with Crippen molar-refractivity contribution < 1.29 is 4.52 Å². The summed E-state index contributed by atoms with van der Waals surface area (Å²) >= 11 is 0. The Morgan fingerprint density at radius 1 is 1.33 bits per heavy atom. The molecule has 2 aliphatic rings. The average Bonchev–Trinajstić information content (AvgIpc) is 2.95. The number of nitrogens with one attached hydrogen (secondary N) is 1. The van der Waals surface area contributed by atoms with Crippen LogP contribution in [0.2, 0.25) is 0 Å². The lowest BCUT2D eigenvalue weighted by Crippen LogP contribution is -2.22.